The molecule has 142 valence electrons. The normalized spacial score (nSPS) is 14.7. The Morgan fingerprint density at radius 3 is 2.15 bits per heavy atom. The number of amides is 2. The number of hydrogen-bond donors (Lipinski definition) is 2. The van der Waals surface area contributed by atoms with Crippen LogP contribution in [-0.4, -0.2) is 33.1 Å². The molecule has 2 amide bonds. The highest BCUT2D eigenvalue weighted by Gasteiger charge is 2.21. The molecule has 0 atom stereocenters. The summed E-state index contributed by atoms with van der Waals surface area (Å²) in [5.74, 6) is 1.03. The van der Waals surface area contributed by atoms with Crippen molar-refractivity contribution >= 4 is 17.9 Å². The Morgan fingerprint density at radius 2 is 1.54 bits per heavy atom. The van der Waals surface area contributed by atoms with E-state index in [9.17, 15) is 9.59 Å². The van der Waals surface area contributed by atoms with Crippen molar-refractivity contribution in [1.29, 1.82) is 0 Å². The molecule has 7 heteroatoms. The van der Waals surface area contributed by atoms with Crippen LogP contribution in [0.5, 0.6) is 17.2 Å². The molecule has 0 aromatic heterocycles. The van der Waals surface area contributed by atoms with Gasteiger partial charge in [0.25, 0.3) is 5.91 Å². The summed E-state index contributed by atoms with van der Waals surface area (Å²) in [5.41, 5.74) is 5.56. The summed E-state index contributed by atoms with van der Waals surface area (Å²) in [4.78, 5) is 24.0. The number of rotatable bonds is 6. The van der Waals surface area contributed by atoms with Gasteiger partial charge in [0.15, 0.2) is 11.5 Å². The maximum absolute atomic E-state index is 12.0. The monoisotopic (exact) mass is 362 g/mol. The molecule has 2 rings (SSSR count). The van der Waals surface area contributed by atoms with Gasteiger partial charge in [-0.15, -0.1) is 0 Å². The molecule has 1 aromatic carbocycles. The molecule has 7 nitrogen and oxygen atoms in total. The molecule has 0 heterocycles. The third-order valence-electron chi connectivity index (χ3n) is 4.44. The first kappa shape index (κ1) is 19.6. The quantitative estimate of drug-likeness (QED) is 0.600. The fraction of sp³-hybridized carbons (Fsp3) is 0.474. The Labute approximate surface area is 153 Å². The summed E-state index contributed by atoms with van der Waals surface area (Å²) in [7, 11) is 4.60. The highest BCUT2D eigenvalue weighted by atomic mass is 16.5. The van der Waals surface area contributed by atoms with Crippen LogP contribution in [0, 0.1) is 5.92 Å². The van der Waals surface area contributed by atoms with E-state index >= 15 is 0 Å². The average Bonchev–Trinajstić information content (AvgIpc) is 2.70. The van der Waals surface area contributed by atoms with E-state index in [4.69, 9.17) is 14.2 Å². The van der Waals surface area contributed by atoms with Gasteiger partial charge in [-0.05, 0) is 25.0 Å². The first-order chi connectivity index (χ1) is 12.6. The number of carbonyl (C=O) groups is 2. The minimum Gasteiger partial charge on any atom is -0.496 e. The Bertz CT molecular complexity index is 666. The van der Waals surface area contributed by atoms with Gasteiger partial charge in [-0.2, -0.15) is 0 Å². The molecule has 2 N–H and O–H groups in total. The van der Waals surface area contributed by atoms with E-state index < -0.39 is 5.91 Å². The summed E-state index contributed by atoms with van der Waals surface area (Å²) in [6, 6.07) is 3.39. The zero-order chi connectivity index (χ0) is 18.9. The lowest BCUT2D eigenvalue weighted by atomic mass is 9.89. The van der Waals surface area contributed by atoms with Gasteiger partial charge in [-0.1, -0.05) is 19.3 Å². The van der Waals surface area contributed by atoms with Crippen LogP contribution in [0.15, 0.2) is 18.2 Å². The van der Waals surface area contributed by atoms with E-state index in [1.165, 1.54) is 33.8 Å². The molecule has 0 aliphatic heterocycles. The van der Waals surface area contributed by atoms with Crippen molar-refractivity contribution in [3.63, 3.8) is 0 Å². The van der Waals surface area contributed by atoms with E-state index in [2.05, 4.69) is 10.9 Å². The van der Waals surface area contributed by atoms with Crippen LogP contribution >= 0.6 is 0 Å². The largest absolute Gasteiger partial charge is 0.496 e. The van der Waals surface area contributed by atoms with Crippen LogP contribution in [0.25, 0.3) is 6.08 Å². The van der Waals surface area contributed by atoms with Crippen LogP contribution in [0.1, 0.15) is 37.7 Å². The van der Waals surface area contributed by atoms with Crippen LogP contribution in [0.4, 0.5) is 0 Å². The highest BCUT2D eigenvalue weighted by Crippen LogP contribution is 2.35. The number of ether oxygens (including phenoxy) is 3. The lowest BCUT2D eigenvalue weighted by Gasteiger charge is -2.20. The van der Waals surface area contributed by atoms with Gasteiger partial charge in [0.05, 0.1) is 21.3 Å². The number of methoxy groups -OCH3 is 3. The summed E-state index contributed by atoms with van der Waals surface area (Å²) >= 11 is 0. The van der Waals surface area contributed by atoms with Gasteiger partial charge >= 0.3 is 0 Å². The molecule has 1 aliphatic rings. The van der Waals surface area contributed by atoms with Gasteiger partial charge < -0.3 is 14.2 Å². The fourth-order valence-electron chi connectivity index (χ4n) is 2.98. The maximum atomic E-state index is 12.0. The lowest BCUT2D eigenvalue weighted by molar-refractivity contribution is -0.130. The van der Waals surface area contributed by atoms with E-state index in [-0.39, 0.29) is 11.8 Å². The number of hydrazine groups is 1. The topological polar surface area (TPSA) is 85.9 Å². The molecule has 0 unspecified atom stereocenters. The highest BCUT2D eigenvalue weighted by molar-refractivity contribution is 5.93. The predicted molar refractivity (Wildman–Crippen MR) is 98.0 cm³/mol. The van der Waals surface area contributed by atoms with Crippen LogP contribution in [0.3, 0.4) is 0 Å². The molecule has 1 aromatic rings. The van der Waals surface area contributed by atoms with Crippen molar-refractivity contribution in [1.82, 2.24) is 10.9 Å². The van der Waals surface area contributed by atoms with Gasteiger partial charge in [0.2, 0.25) is 5.91 Å². The zero-order valence-electron chi connectivity index (χ0n) is 15.5. The average molecular weight is 362 g/mol. The zero-order valence-corrected chi connectivity index (χ0v) is 15.5. The minimum absolute atomic E-state index is 0.0148. The molecular formula is C19H26N2O5. The molecule has 1 aliphatic carbocycles. The summed E-state index contributed by atoms with van der Waals surface area (Å²) in [5, 5.41) is 0. The third-order valence-corrected chi connectivity index (χ3v) is 4.44. The number of carbonyl (C=O) groups excluding carboxylic acids is 2. The molecular weight excluding hydrogens is 336 g/mol. The summed E-state index contributed by atoms with van der Waals surface area (Å²) in [6.45, 7) is 0. The lowest BCUT2D eigenvalue weighted by Crippen LogP contribution is -2.44. The second-order valence-corrected chi connectivity index (χ2v) is 6.10. The molecule has 0 bridgehead atoms. The van der Waals surface area contributed by atoms with Crippen LogP contribution in [-0.2, 0) is 9.59 Å². The SMILES string of the molecule is COc1cc(OC)c(OC)cc1/C=C/C(=O)NNC(=O)C1CCCCC1. The molecule has 0 radical (unpaired) electrons. The van der Waals surface area contributed by atoms with Crippen LogP contribution < -0.4 is 25.1 Å². The van der Waals surface area contributed by atoms with E-state index in [1.54, 1.807) is 18.2 Å². The van der Waals surface area contributed by atoms with Gasteiger partial charge in [0.1, 0.15) is 5.75 Å². The Morgan fingerprint density at radius 1 is 0.923 bits per heavy atom. The van der Waals surface area contributed by atoms with Gasteiger partial charge in [0, 0.05) is 23.6 Å². The summed E-state index contributed by atoms with van der Waals surface area (Å²) < 4.78 is 15.8. The molecule has 1 saturated carbocycles. The number of nitrogens with one attached hydrogen (secondary N) is 2. The van der Waals surface area contributed by atoms with E-state index in [0.29, 0.717) is 22.8 Å². The van der Waals surface area contributed by atoms with Crippen molar-refractivity contribution in [2.75, 3.05) is 21.3 Å². The predicted octanol–water partition coefficient (Wildman–Crippen LogP) is 2.45. The Balaban J connectivity index is 1.97. The number of hydrogen-bond acceptors (Lipinski definition) is 5. The van der Waals surface area contributed by atoms with Crippen molar-refractivity contribution in [3.05, 3.63) is 23.8 Å². The Hall–Kier alpha value is -2.70. The maximum Gasteiger partial charge on any atom is 0.262 e. The number of benzene rings is 1. The summed E-state index contributed by atoms with van der Waals surface area (Å²) in [6.07, 6.45) is 7.96. The molecule has 0 spiro atoms. The Kier molecular flexibility index (Phi) is 7.32. The molecule has 26 heavy (non-hydrogen) atoms. The van der Waals surface area contributed by atoms with Gasteiger partial charge in [-0.3, -0.25) is 20.4 Å². The minimum atomic E-state index is -0.425. The first-order valence-electron chi connectivity index (χ1n) is 8.67. The van der Waals surface area contributed by atoms with E-state index in [0.717, 1.165) is 25.7 Å². The smallest absolute Gasteiger partial charge is 0.262 e. The molecule has 0 saturated heterocycles. The van der Waals surface area contributed by atoms with E-state index in [1.807, 2.05) is 0 Å². The first-order valence-corrected chi connectivity index (χ1v) is 8.67. The molecule has 1 fully saturated rings. The second-order valence-electron chi connectivity index (χ2n) is 6.10. The van der Waals surface area contributed by atoms with Crippen molar-refractivity contribution in [2.45, 2.75) is 32.1 Å². The van der Waals surface area contributed by atoms with Crippen LogP contribution in [0.2, 0.25) is 0 Å². The fourth-order valence-corrected chi connectivity index (χ4v) is 2.98. The third kappa shape index (κ3) is 5.15. The standard InChI is InChI=1S/C19H26N2O5/c1-24-15-12-17(26-3)16(25-2)11-14(15)9-10-18(22)20-21-19(23)13-7-5-4-6-8-13/h9-13H,4-8H2,1-3H3,(H,20,22)(H,21,23)/b10-9+. The van der Waals surface area contributed by atoms with Crippen molar-refractivity contribution < 1.29 is 23.8 Å². The second kappa shape index (κ2) is 9.70. The van der Waals surface area contributed by atoms with Crippen molar-refractivity contribution in [3.8, 4) is 17.2 Å². The van der Waals surface area contributed by atoms with Crippen molar-refractivity contribution in [2.24, 2.45) is 5.92 Å². The van der Waals surface area contributed by atoms with Gasteiger partial charge in [-0.25, -0.2) is 0 Å².